The number of anilines is 1. The molecule has 3 heteroatoms. The zero-order valence-corrected chi connectivity index (χ0v) is 6.78. The van der Waals surface area contributed by atoms with Gasteiger partial charge in [-0.05, 0) is 19.1 Å². The number of rotatable bonds is 0. The second-order valence-electron chi connectivity index (χ2n) is 2.74. The highest BCUT2D eigenvalue weighted by molar-refractivity contribution is 5.82. The molecule has 2 aromatic rings. The molecule has 0 aliphatic rings. The van der Waals surface area contributed by atoms with E-state index in [0.29, 0.717) is 5.69 Å². The van der Waals surface area contributed by atoms with Crippen molar-refractivity contribution in [1.29, 1.82) is 0 Å². The summed E-state index contributed by atoms with van der Waals surface area (Å²) in [7, 11) is 0. The molecule has 2 N–H and O–H groups in total. The second kappa shape index (κ2) is 2.44. The van der Waals surface area contributed by atoms with E-state index in [0.717, 1.165) is 16.6 Å². The predicted molar refractivity (Wildman–Crippen MR) is 48.7 cm³/mol. The smallest absolute Gasteiger partial charge is 0.0915 e. The van der Waals surface area contributed by atoms with Gasteiger partial charge < -0.3 is 5.73 Å². The summed E-state index contributed by atoms with van der Waals surface area (Å²) in [5.74, 6) is 0. The Morgan fingerprint density at radius 1 is 1.33 bits per heavy atom. The maximum absolute atomic E-state index is 5.59. The molecule has 12 heavy (non-hydrogen) atoms. The van der Waals surface area contributed by atoms with E-state index in [1.165, 1.54) is 0 Å². The summed E-state index contributed by atoms with van der Waals surface area (Å²) in [5.41, 5.74) is 8.14. The third-order valence-corrected chi connectivity index (χ3v) is 1.80. The molecular formula is C9H9N3. The normalized spacial score (nSPS) is 10.4. The minimum Gasteiger partial charge on any atom is -0.397 e. The minimum atomic E-state index is 0.688. The lowest BCUT2D eigenvalue weighted by molar-refractivity contribution is 1.21. The van der Waals surface area contributed by atoms with Crippen molar-refractivity contribution in [3.8, 4) is 0 Å². The van der Waals surface area contributed by atoms with Gasteiger partial charge in [-0.3, -0.25) is 9.97 Å². The van der Waals surface area contributed by atoms with Gasteiger partial charge in [-0.25, -0.2) is 0 Å². The van der Waals surface area contributed by atoms with Crippen LogP contribution in [0.15, 0.2) is 24.5 Å². The Hall–Kier alpha value is -1.64. The van der Waals surface area contributed by atoms with Crippen molar-refractivity contribution in [3.63, 3.8) is 0 Å². The van der Waals surface area contributed by atoms with Crippen LogP contribution >= 0.6 is 0 Å². The Labute approximate surface area is 70.3 Å². The summed E-state index contributed by atoms with van der Waals surface area (Å²) in [5, 5.41) is 1.04. The van der Waals surface area contributed by atoms with Crippen LogP contribution < -0.4 is 5.73 Å². The molecule has 2 rings (SSSR count). The van der Waals surface area contributed by atoms with Gasteiger partial charge in [-0.15, -0.1) is 0 Å². The number of nitrogens with zero attached hydrogens (tertiary/aromatic N) is 2. The van der Waals surface area contributed by atoms with Crippen molar-refractivity contribution in [2.75, 3.05) is 5.73 Å². The Balaban J connectivity index is 2.86. The number of pyridine rings is 2. The summed E-state index contributed by atoms with van der Waals surface area (Å²) < 4.78 is 0. The van der Waals surface area contributed by atoms with Gasteiger partial charge in [-0.2, -0.15) is 0 Å². The molecule has 0 aliphatic heterocycles. The van der Waals surface area contributed by atoms with Crippen LogP contribution in [0.2, 0.25) is 0 Å². The molecule has 0 bridgehead atoms. The quantitative estimate of drug-likeness (QED) is 0.634. The minimum absolute atomic E-state index is 0.688. The van der Waals surface area contributed by atoms with Gasteiger partial charge in [0.2, 0.25) is 0 Å². The molecule has 0 saturated heterocycles. The number of aromatic nitrogens is 2. The Morgan fingerprint density at radius 3 is 3.00 bits per heavy atom. The molecule has 3 nitrogen and oxygen atoms in total. The molecule has 0 atom stereocenters. The van der Waals surface area contributed by atoms with Gasteiger partial charge in [0.15, 0.2) is 0 Å². The topological polar surface area (TPSA) is 51.8 Å². The number of hydrogen-bond acceptors (Lipinski definition) is 3. The van der Waals surface area contributed by atoms with Crippen molar-refractivity contribution in [2.45, 2.75) is 6.92 Å². The molecular weight excluding hydrogens is 150 g/mol. The van der Waals surface area contributed by atoms with Crippen molar-refractivity contribution < 1.29 is 0 Å². The highest BCUT2D eigenvalue weighted by Crippen LogP contribution is 2.15. The number of nitrogen functional groups attached to an aromatic ring is 1. The SMILES string of the molecule is Cc1nccc2cc(N)cnc12. The zero-order valence-electron chi connectivity index (χ0n) is 6.78. The third kappa shape index (κ3) is 0.993. The lowest BCUT2D eigenvalue weighted by atomic mass is 10.2. The molecule has 2 aromatic heterocycles. The fraction of sp³-hybridized carbons (Fsp3) is 0.111. The van der Waals surface area contributed by atoms with Crippen molar-refractivity contribution >= 4 is 16.6 Å². The number of aryl methyl sites for hydroxylation is 1. The first-order valence-corrected chi connectivity index (χ1v) is 3.74. The molecule has 60 valence electrons. The van der Waals surface area contributed by atoms with E-state index >= 15 is 0 Å². The Kier molecular flexibility index (Phi) is 1.43. The monoisotopic (exact) mass is 159 g/mol. The molecule has 0 aromatic carbocycles. The van der Waals surface area contributed by atoms with Crippen LogP contribution in [0.25, 0.3) is 10.9 Å². The van der Waals surface area contributed by atoms with Crippen LogP contribution in [0.1, 0.15) is 5.69 Å². The fourth-order valence-electron chi connectivity index (χ4n) is 1.22. The van der Waals surface area contributed by atoms with E-state index in [1.807, 2.05) is 19.1 Å². The summed E-state index contributed by atoms with van der Waals surface area (Å²) in [6.07, 6.45) is 3.41. The van der Waals surface area contributed by atoms with Crippen LogP contribution in [-0.2, 0) is 0 Å². The second-order valence-corrected chi connectivity index (χ2v) is 2.74. The lowest BCUT2D eigenvalue weighted by Gasteiger charge is -1.99. The van der Waals surface area contributed by atoms with Crippen molar-refractivity contribution in [1.82, 2.24) is 9.97 Å². The summed E-state index contributed by atoms with van der Waals surface area (Å²) >= 11 is 0. The van der Waals surface area contributed by atoms with E-state index in [-0.39, 0.29) is 0 Å². The first-order valence-electron chi connectivity index (χ1n) is 3.74. The van der Waals surface area contributed by atoms with E-state index in [1.54, 1.807) is 12.4 Å². The van der Waals surface area contributed by atoms with Gasteiger partial charge in [0.05, 0.1) is 23.1 Å². The van der Waals surface area contributed by atoms with Gasteiger partial charge in [0.1, 0.15) is 0 Å². The first-order chi connectivity index (χ1) is 5.77. The highest BCUT2D eigenvalue weighted by atomic mass is 14.8. The summed E-state index contributed by atoms with van der Waals surface area (Å²) in [6.45, 7) is 1.94. The van der Waals surface area contributed by atoms with Gasteiger partial charge >= 0.3 is 0 Å². The summed E-state index contributed by atoms with van der Waals surface area (Å²) in [4.78, 5) is 8.33. The molecule has 0 radical (unpaired) electrons. The molecule has 0 unspecified atom stereocenters. The van der Waals surface area contributed by atoms with Gasteiger partial charge in [0.25, 0.3) is 0 Å². The largest absolute Gasteiger partial charge is 0.397 e. The summed E-state index contributed by atoms with van der Waals surface area (Å²) in [6, 6.07) is 3.81. The van der Waals surface area contributed by atoms with Crippen molar-refractivity contribution in [3.05, 3.63) is 30.2 Å². The fourth-order valence-corrected chi connectivity index (χ4v) is 1.22. The molecule has 0 spiro atoms. The lowest BCUT2D eigenvalue weighted by Crippen LogP contribution is -1.90. The van der Waals surface area contributed by atoms with Crippen LogP contribution in [0.3, 0.4) is 0 Å². The average Bonchev–Trinajstić information content (AvgIpc) is 2.04. The predicted octanol–water partition coefficient (Wildman–Crippen LogP) is 1.52. The maximum atomic E-state index is 5.59. The van der Waals surface area contributed by atoms with Crippen LogP contribution in [0, 0.1) is 6.92 Å². The average molecular weight is 159 g/mol. The van der Waals surface area contributed by atoms with E-state index in [4.69, 9.17) is 5.73 Å². The van der Waals surface area contributed by atoms with Gasteiger partial charge in [-0.1, -0.05) is 0 Å². The van der Waals surface area contributed by atoms with Crippen LogP contribution in [0.5, 0.6) is 0 Å². The highest BCUT2D eigenvalue weighted by Gasteiger charge is 1.98. The zero-order chi connectivity index (χ0) is 8.55. The number of nitrogens with two attached hydrogens (primary N) is 1. The number of hydrogen-bond donors (Lipinski definition) is 1. The van der Waals surface area contributed by atoms with E-state index < -0.39 is 0 Å². The van der Waals surface area contributed by atoms with E-state index in [9.17, 15) is 0 Å². The van der Waals surface area contributed by atoms with Crippen molar-refractivity contribution in [2.24, 2.45) is 0 Å². The maximum Gasteiger partial charge on any atom is 0.0915 e. The number of fused-ring (bicyclic) bond motifs is 1. The molecule has 0 amide bonds. The Bertz CT molecular complexity index is 423. The van der Waals surface area contributed by atoms with Gasteiger partial charge in [0, 0.05) is 11.6 Å². The Morgan fingerprint density at radius 2 is 2.17 bits per heavy atom. The third-order valence-electron chi connectivity index (χ3n) is 1.80. The van der Waals surface area contributed by atoms with Crippen LogP contribution in [-0.4, -0.2) is 9.97 Å². The van der Waals surface area contributed by atoms with E-state index in [2.05, 4.69) is 9.97 Å². The standard InChI is InChI=1S/C9H9N3/c1-6-9-7(2-3-11-6)4-8(10)5-12-9/h2-5H,10H2,1H3. The first kappa shape index (κ1) is 7.03. The van der Waals surface area contributed by atoms with Crippen LogP contribution in [0.4, 0.5) is 5.69 Å². The molecule has 0 aliphatic carbocycles. The molecule has 0 saturated carbocycles. The molecule has 0 fully saturated rings. The molecule has 2 heterocycles.